The first-order valence-electron chi connectivity index (χ1n) is 9.96. The van der Waals surface area contributed by atoms with Crippen molar-refractivity contribution in [3.63, 3.8) is 0 Å². The van der Waals surface area contributed by atoms with Crippen LogP contribution >= 0.6 is 11.3 Å². The SMILES string of the molecule is CCOC(=O)c1ccoc1COC(=O)c1csc(S(=O)(=O)N2CCc3ccccc3C2)c1. The zero-order chi connectivity index (χ0) is 22.7. The van der Waals surface area contributed by atoms with Gasteiger partial charge in [-0.25, -0.2) is 18.0 Å². The van der Waals surface area contributed by atoms with E-state index in [0.717, 1.165) is 22.5 Å². The van der Waals surface area contributed by atoms with E-state index in [1.54, 1.807) is 6.92 Å². The zero-order valence-corrected chi connectivity index (χ0v) is 18.9. The van der Waals surface area contributed by atoms with Crippen LogP contribution in [0.25, 0.3) is 0 Å². The van der Waals surface area contributed by atoms with Crippen molar-refractivity contribution in [2.45, 2.75) is 30.7 Å². The molecule has 168 valence electrons. The highest BCUT2D eigenvalue weighted by Crippen LogP contribution is 2.29. The third kappa shape index (κ3) is 4.47. The molecule has 0 fully saturated rings. The molecule has 3 aromatic rings. The summed E-state index contributed by atoms with van der Waals surface area (Å²) in [6, 6.07) is 10.5. The maximum atomic E-state index is 13.1. The maximum absolute atomic E-state index is 13.1. The summed E-state index contributed by atoms with van der Waals surface area (Å²) >= 11 is 0.970. The van der Waals surface area contributed by atoms with E-state index in [-0.39, 0.29) is 34.3 Å². The molecule has 1 aromatic carbocycles. The van der Waals surface area contributed by atoms with Crippen molar-refractivity contribution in [3.8, 4) is 0 Å². The van der Waals surface area contributed by atoms with E-state index in [2.05, 4.69) is 0 Å². The molecular weight excluding hydrogens is 454 g/mol. The van der Waals surface area contributed by atoms with E-state index in [0.29, 0.717) is 19.5 Å². The van der Waals surface area contributed by atoms with Gasteiger partial charge in [-0.1, -0.05) is 24.3 Å². The van der Waals surface area contributed by atoms with E-state index in [9.17, 15) is 18.0 Å². The molecule has 0 radical (unpaired) electrons. The second-order valence-electron chi connectivity index (χ2n) is 7.07. The number of carbonyl (C=O) groups excluding carboxylic acids is 2. The number of hydrogen-bond donors (Lipinski definition) is 0. The lowest BCUT2D eigenvalue weighted by atomic mass is 10.0. The molecule has 0 bridgehead atoms. The first kappa shape index (κ1) is 22.3. The van der Waals surface area contributed by atoms with Gasteiger partial charge in [0.2, 0.25) is 0 Å². The summed E-state index contributed by atoms with van der Waals surface area (Å²) in [6.07, 6.45) is 1.95. The van der Waals surface area contributed by atoms with Crippen LogP contribution in [0, 0.1) is 0 Å². The van der Waals surface area contributed by atoms with Crippen LogP contribution in [0.1, 0.15) is 44.5 Å². The highest BCUT2D eigenvalue weighted by atomic mass is 32.2. The molecule has 1 aliphatic rings. The van der Waals surface area contributed by atoms with Crippen LogP contribution in [0.5, 0.6) is 0 Å². The molecule has 0 unspecified atom stereocenters. The van der Waals surface area contributed by atoms with Gasteiger partial charge < -0.3 is 13.9 Å². The number of furan rings is 1. The standard InChI is InChI=1S/C22H21NO7S2/c1-2-28-22(25)18-8-10-29-19(18)13-30-21(24)17-11-20(31-14-17)32(26,27)23-9-7-15-5-3-4-6-16(15)12-23/h3-6,8,10-11,14H,2,7,9,12-13H2,1H3. The van der Waals surface area contributed by atoms with Gasteiger partial charge in [-0.15, -0.1) is 11.3 Å². The van der Waals surface area contributed by atoms with Gasteiger partial charge in [0.1, 0.15) is 9.77 Å². The summed E-state index contributed by atoms with van der Waals surface area (Å²) in [5.74, 6) is -1.12. The zero-order valence-electron chi connectivity index (χ0n) is 17.3. The van der Waals surface area contributed by atoms with Crippen molar-refractivity contribution in [3.05, 3.63) is 76.1 Å². The Labute approximate surface area is 189 Å². The number of nitrogens with zero attached hydrogens (tertiary/aromatic N) is 1. The number of carbonyl (C=O) groups is 2. The van der Waals surface area contributed by atoms with Gasteiger partial charge in [0.25, 0.3) is 10.0 Å². The second kappa shape index (κ2) is 9.27. The molecule has 4 rings (SSSR count). The predicted molar refractivity (Wildman–Crippen MR) is 116 cm³/mol. The fourth-order valence-electron chi connectivity index (χ4n) is 3.42. The van der Waals surface area contributed by atoms with Gasteiger partial charge in [-0.3, -0.25) is 0 Å². The lowest BCUT2D eigenvalue weighted by molar-refractivity contribution is 0.0423. The van der Waals surface area contributed by atoms with Crippen LogP contribution in [0.2, 0.25) is 0 Å². The molecule has 8 nitrogen and oxygen atoms in total. The summed E-state index contributed by atoms with van der Waals surface area (Å²) in [4.78, 5) is 24.3. The Balaban J connectivity index is 1.43. The van der Waals surface area contributed by atoms with Gasteiger partial charge in [0.15, 0.2) is 12.4 Å². The van der Waals surface area contributed by atoms with E-state index in [1.807, 2.05) is 24.3 Å². The Morgan fingerprint density at radius 1 is 1.12 bits per heavy atom. The fraction of sp³-hybridized carbons (Fsp3) is 0.273. The number of rotatable bonds is 7. The van der Waals surface area contributed by atoms with Crippen molar-refractivity contribution < 1.29 is 31.9 Å². The molecule has 2 aromatic heterocycles. The molecule has 32 heavy (non-hydrogen) atoms. The number of ether oxygens (including phenoxy) is 2. The molecule has 3 heterocycles. The normalized spacial score (nSPS) is 14.0. The molecule has 0 N–H and O–H groups in total. The monoisotopic (exact) mass is 475 g/mol. The highest BCUT2D eigenvalue weighted by Gasteiger charge is 2.30. The largest absolute Gasteiger partial charge is 0.465 e. The van der Waals surface area contributed by atoms with Crippen LogP contribution in [0.3, 0.4) is 0 Å². The minimum absolute atomic E-state index is 0.0778. The van der Waals surface area contributed by atoms with Crippen molar-refractivity contribution in [1.82, 2.24) is 4.31 Å². The number of fused-ring (bicyclic) bond motifs is 1. The third-order valence-corrected chi connectivity index (χ3v) is 8.34. The smallest absolute Gasteiger partial charge is 0.341 e. The van der Waals surface area contributed by atoms with Crippen molar-refractivity contribution in [2.75, 3.05) is 13.2 Å². The van der Waals surface area contributed by atoms with Crippen LogP contribution in [-0.4, -0.2) is 37.8 Å². The highest BCUT2D eigenvalue weighted by molar-refractivity contribution is 7.91. The Kier molecular flexibility index (Phi) is 6.45. The lowest BCUT2D eigenvalue weighted by Crippen LogP contribution is -2.35. The molecular formula is C22H21NO7S2. The second-order valence-corrected chi connectivity index (χ2v) is 10.1. The number of esters is 2. The van der Waals surface area contributed by atoms with Gasteiger partial charge in [-0.05, 0) is 36.6 Å². The minimum atomic E-state index is -3.74. The summed E-state index contributed by atoms with van der Waals surface area (Å²) in [7, 11) is -3.74. The van der Waals surface area contributed by atoms with Gasteiger partial charge in [-0.2, -0.15) is 4.31 Å². The Hall–Kier alpha value is -2.95. The van der Waals surface area contributed by atoms with Gasteiger partial charge in [0.05, 0.1) is 18.4 Å². The average molecular weight is 476 g/mol. The quantitative estimate of drug-likeness (QED) is 0.481. The number of thiophene rings is 1. The van der Waals surface area contributed by atoms with Crippen LogP contribution in [0.4, 0.5) is 0 Å². The van der Waals surface area contributed by atoms with Crippen molar-refractivity contribution >= 4 is 33.3 Å². The maximum Gasteiger partial charge on any atom is 0.341 e. The number of sulfonamides is 1. The fourth-order valence-corrected chi connectivity index (χ4v) is 6.14. The number of benzene rings is 1. The van der Waals surface area contributed by atoms with Crippen LogP contribution < -0.4 is 0 Å². The molecule has 0 spiro atoms. The Morgan fingerprint density at radius 2 is 1.91 bits per heavy atom. The van der Waals surface area contributed by atoms with Crippen LogP contribution in [0.15, 0.2) is 56.7 Å². The first-order chi connectivity index (χ1) is 15.4. The van der Waals surface area contributed by atoms with Crippen molar-refractivity contribution in [1.29, 1.82) is 0 Å². The van der Waals surface area contributed by atoms with E-state index in [4.69, 9.17) is 13.9 Å². The number of hydrogen-bond acceptors (Lipinski definition) is 8. The first-order valence-corrected chi connectivity index (χ1v) is 12.3. The topological polar surface area (TPSA) is 103 Å². The summed E-state index contributed by atoms with van der Waals surface area (Å²) in [6.45, 7) is 2.29. The molecule has 0 aliphatic carbocycles. The molecule has 1 aliphatic heterocycles. The molecule has 0 saturated carbocycles. The average Bonchev–Trinajstić information content (AvgIpc) is 3.47. The molecule has 0 atom stereocenters. The van der Waals surface area contributed by atoms with Gasteiger partial charge in [0, 0.05) is 18.5 Å². The van der Waals surface area contributed by atoms with E-state index >= 15 is 0 Å². The summed E-state index contributed by atoms with van der Waals surface area (Å²) in [5, 5.41) is 1.45. The third-order valence-electron chi connectivity index (χ3n) is 5.08. The Bertz CT molecular complexity index is 1240. The van der Waals surface area contributed by atoms with Crippen molar-refractivity contribution in [2.24, 2.45) is 0 Å². The van der Waals surface area contributed by atoms with Crippen LogP contribution in [-0.2, 0) is 39.1 Å². The lowest BCUT2D eigenvalue weighted by Gasteiger charge is -2.27. The molecule has 0 amide bonds. The summed E-state index contributed by atoms with van der Waals surface area (Å²) < 4.78 is 43.0. The minimum Gasteiger partial charge on any atom is -0.465 e. The van der Waals surface area contributed by atoms with E-state index in [1.165, 1.54) is 28.1 Å². The predicted octanol–water partition coefficient (Wildman–Crippen LogP) is 3.62. The van der Waals surface area contributed by atoms with E-state index < -0.39 is 22.0 Å². The molecule has 0 saturated heterocycles. The molecule has 10 heteroatoms. The van der Waals surface area contributed by atoms with Gasteiger partial charge >= 0.3 is 11.9 Å². The Morgan fingerprint density at radius 3 is 2.69 bits per heavy atom. The summed E-state index contributed by atoms with van der Waals surface area (Å²) in [5.41, 5.74) is 2.43.